The van der Waals surface area contributed by atoms with Gasteiger partial charge in [0.2, 0.25) is 6.10 Å². The molecule has 0 saturated carbocycles. The summed E-state index contributed by atoms with van der Waals surface area (Å²) in [6, 6.07) is 0. The maximum atomic E-state index is 12.8. The molecule has 2 aromatic rings. The Bertz CT molecular complexity index is 994. The molecule has 12 heteroatoms. The van der Waals surface area contributed by atoms with Gasteiger partial charge in [0.05, 0.1) is 12.4 Å². The predicted molar refractivity (Wildman–Crippen MR) is 111 cm³/mol. The number of aliphatic hydroxyl groups is 1. The maximum Gasteiger partial charge on any atom is 0.509 e. The molecule has 0 radical (unpaired) electrons. The molecule has 12 nitrogen and oxygen atoms in total. The highest BCUT2D eigenvalue weighted by Gasteiger charge is 2.47. The normalized spacial score (nSPS) is 22.5. The molecule has 176 valence electrons. The van der Waals surface area contributed by atoms with Gasteiger partial charge in [0.15, 0.2) is 11.5 Å². The first-order valence-electron chi connectivity index (χ1n) is 10.1. The number of carbonyl (C=O) groups is 2. The molecule has 0 spiro atoms. The van der Waals surface area contributed by atoms with E-state index in [0.717, 1.165) is 0 Å². The zero-order valence-corrected chi connectivity index (χ0v) is 18.9. The number of nitrogen functional groups attached to an aromatic ring is 1. The molecule has 0 bridgehead atoms. The number of anilines is 1. The van der Waals surface area contributed by atoms with E-state index in [1.165, 1.54) is 12.7 Å². The van der Waals surface area contributed by atoms with Gasteiger partial charge >= 0.3 is 12.1 Å². The topological polar surface area (TPSA) is 161 Å². The minimum absolute atomic E-state index is 0.0804. The average molecular weight is 451 g/mol. The summed E-state index contributed by atoms with van der Waals surface area (Å²) in [6.45, 7) is 9.99. The summed E-state index contributed by atoms with van der Waals surface area (Å²) in [5, 5.41) is 10.7. The second-order valence-electron chi connectivity index (χ2n) is 9.48. The quantitative estimate of drug-likeness (QED) is 0.651. The number of aromatic nitrogens is 4. The van der Waals surface area contributed by atoms with Gasteiger partial charge in [-0.1, -0.05) is 0 Å². The van der Waals surface area contributed by atoms with Crippen LogP contribution in [0.4, 0.5) is 10.6 Å². The van der Waals surface area contributed by atoms with Crippen LogP contribution in [0.5, 0.6) is 0 Å². The van der Waals surface area contributed by atoms with Crippen LogP contribution in [-0.2, 0) is 23.7 Å². The smallest absolute Gasteiger partial charge is 0.457 e. The first kappa shape index (κ1) is 23.7. The molecular weight excluding hydrogens is 422 g/mol. The molecule has 1 aliphatic rings. The number of hydrogen-bond acceptors (Lipinski definition) is 11. The summed E-state index contributed by atoms with van der Waals surface area (Å²) in [4.78, 5) is 37.4. The number of ether oxygens (including phenoxy) is 4. The van der Waals surface area contributed by atoms with Crippen molar-refractivity contribution in [3.63, 3.8) is 0 Å². The molecule has 1 saturated heterocycles. The van der Waals surface area contributed by atoms with Crippen LogP contribution in [0.15, 0.2) is 12.7 Å². The van der Waals surface area contributed by atoms with E-state index in [9.17, 15) is 14.7 Å². The van der Waals surface area contributed by atoms with Crippen LogP contribution in [-0.4, -0.2) is 66.3 Å². The fraction of sp³-hybridized carbons (Fsp3) is 0.650. The predicted octanol–water partition coefficient (Wildman–Crippen LogP) is 1.72. The summed E-state index contributed by atoms with van der Waals surface area (Å²) >= 11 is 0. The summed E-state index contributed by atoms with van der Waals surface area (Å²) in [5.41, 5.74) is 4.90. The van der Waals surface area contributed by atoms with Gasteiger partial charge in [-0.05, 0) is 41.5 Å². The standard InChI is InChI=1S/C20H29N5O7/c1-19(2,3)31-17(27)14(30-18(28)32-20(4,5)6)13-10(26)7-11(29-13)25-9-24-12-15(21)22-8-23-16(12)25/h8-11,13-14,26H,7H2,1-6H3,(H2,21,22,23)/t10-,11+,13-,14?/m0/s1. The number of hydrogen-bond donors (Lipinski definition) is 2. The fourth-order valence-electron chi connectivity index (χ4n) is 3.19. The Kier molecular flexibility index (Phi) is 6.29. The molecule has 3 rings (SSSR count). The van der Waals surface area contributed by atoms with Crippen molar-refractivity contribution < 1.29 is 33.6 Å². The summed E-state index contributed by atoms with van der Waals surface area (Å²) in [7, 11) is 0. The second kappa shape index (κ2) is 8.51. The van der Waals surface area contributed by atoms with Crippen LogP contribution in [0.3, 0.4) is 0 Å². The first-order chi connectivity index (χ1) is 14.7. The van der Waals surface area contributed by atoms with Crippen molar-refractivity contribution in [2.45, 2.75) is 83.7 Å². The van der Waals surface area contributed by atoms with Gasteiger partial charge in [0.1, 0.15) is 35.4 Å². The lowest BCUT2D eigenvalue weighted by Gasteiger charge is -2.29. The molecule has 0 amide bonds. The van der Waals surface area contributed by atoms with Gasteiger partial charge in [0, 0.05) is 6.42 Å². The molecule has 3 N–H and O–H groups in total. The van der Waals surface area contributed by atoms with E-state index < -0.39 is 47.9 Å². The number of esters is 1. The zero-order valence-electron chi connectivity index (χ0n) is 18.9. The Labute approximate surface area is 185 Å². The molecule has 0 aliphatic carbocycles. The lowest BCUT2D eigenvalue weighted by molar-refractivity contribution is -0.181. The van der Waals surface area contributed by atoms with E-state index in [1.807, 2.05) is 0 Å². The minimum atomic E-state index is -1.56. The van der Waals surface area contributed by atoms with E-state index in [2.05, 4.69) is 15.0 Å². The monoisotopic (exact) mass is 451 g/mol. The number of imidazole rings is 1. The molecular formula is C20H29N5O7. The highest BCUT2D eigenvalue weighted by atomic mass is 16.8. The van der Waals surface area contributed by atoms with Crippen LogP contribution in [0.25, 0.3) is 11.2 Å². The maximum absolute atomic E-state index is 12.8. The zero-order chi connectivity index (χ0) is 23.8. The number of nitrogens with zero attached hydrogens (tertiary/aromatic N) is 4. The van der Waals surface area contributed by atoms with Crippen molar-refractivity contribution in [1.82, 2.24) is 19.5 Å². The molecule has 0 aromatic carbocycles. The lowest BCUT2D eigenvalue weighted by atomic mass is 10.1. The lowest BCUT2D eigenvalue weighted by Crippen LogP contribution is -2.47. The summed E-state index contributed by atoms with van der Waals surface area (Å²) in [6.07, 6.45) is -2.94. The van der Waals surface area contributed by atoms with Crippen LogP contribution in [0, 0.1) is 0 Å². The minimum Gasteiger partial charge on any atom is -0.457 e. The largest absolute Gasteiger partial charge is 0.509 e. The SMILES string of the molecule is CC(C)(C)OC(=O)OC(C(=O)OC(C)(C)C)[C@H]1O[C@@H](n2cnc3c(N)ncnc32)C[C@@H]1O. The van der Waals surface area contributed by atoms with Gasteiger partial charge < -0.3 is 29.8 Å². The molecule has 1 aliphatic heterocycles. The molecule has 2 aromatic heterocycles. The van der Waals surface area contributed by atoms with Crippen LogP contribution in [0.1, 0.15) is 54.2 Å². The molecule has 4 atom stereocenters. The van der Waals surface area contributed by atoms with E-state index in [0.29, 0.717) is 11.2 Å². The third kappa shape index (κ3) is 5.43. The van der Waals surface area contributed by atoms with Crippen molar-refractivity contribution in [3.05, 3.63) is 12.7 Å². The molecule has 3 heterocycles. The van der Waals surface area contributed by atoms with Gasteiger partial charge in [-0.3, -0.25) is 4.57 Å². The van der Waals surface area contributed by atoms with Crippen LogP contribution >= 0.6 is 0 Å². The number of nitrogens with two attached hydrogens (primary N) is 1. The van der Waals surface area contributed by atoms with E-state index >= 15 is 0 Å². The number of fused-ring (bicyclic) bond motifs is 1. The second-order valence-corrected chi connectivity index (χ2v) is 9.48. The first-order valence-corrected chi connectivity index (χ1v) is 10.1. The van der Waals surface area contributed by atoms with Crippen LogP contribution < -0.4 is 5.73 Å². The Morgan fingerprint density at radius 1 is 1.16 bits per heavy atom. The van der Waals surface area contributed by atoms with Gasteiger partial charge in [-0.2, -0.15) is 0 Å². The van der Waals surface area contributed by atoms with Crippen molar-refractivity contribution in [2.24, 2.45) is 0 Å². The van der Waals surface area contributed by atoms with Crippen molar-refractivity contribution >= 4 is 29.1 Å². The molecule has 1 fully saturated rings. The Morgan fingerprint density at radius 2 is 1.81 bits per heavy atom. The van der Waals surface area contributed by atoms with Crippen molar-refractivity contribution in [3.8, 4) is 0 Å². The number of rotatable bonds is 4. The number of carbonyl (C=O) groups excluding carboxylic acids is 2. The summed E-state index contributed by atoms with van der Waals surface area (Å²) in [5.74, 6) is -0.668. The average Bonchev–Trinajstić information content (AvgIpc) is 3.21. The molecule has 32 heavy (non-hydrogen) atoms. The third-order valence-corrected chi connectivity index (χ3v) is 4.38. The van der Waals surface area contributed by atoms with Gasteiger partial charge in [0.25, 0.3) is 0 Å². The Balaban J connectivity index is 1.85. The fourth-order valence-corrected chi connectivity index (χ4v) is 3.19. The van der Waals surface area contributed by atoms with Gasteiger partial charge in [-0.15, -0.1) is 0 Å². The van der Waals surface area contributed by atoms with E-state index in [1.54, 1.807) is 46.1 Å². The van der Waals surface area contributed by atoms with Gasteiger partial charge in [-0.25, -0.2) is 24.5 Å². The Morgan fingerprint density at radius 3 is 2.44 bits per heavy atom. The highest BCUT2D eigenvalue weighted by molar-refractivity contribution is 5.81. The highest BCUT2D eigenvalue weighted by Crippen LogP contribution is 2.34. The third-order valence-electron chi connectivity index (χ3n) is 4.38. The van der Waals surface area contributed by atoms with Crippen molar-refractivity contribution in [2.75, 3.05) is 5.73 Å². The molecule has 1 unspecified atom stereocenters. The van der Waals surface area contributed by atoms with E-state index in [4.69, 9.17) is 24.7 Å². The van der Waals surface area contributed by atoms with E-state index in [-0.39, 0.29) is 12.2 Å². The van der Waals surface area contributed by atoms with Crippen molar-refractivity contribution in [1.29, 1.82) is 0 Å². The Hall–Kier alpha value is -2.99. The number of aliphatic hydroxyl groups excluding tert-OH is 1. The summed E-state index contributed by atoms with van der Waals surface area (Å²) < 4.78 is 23.3. The van der Waals surface area contributed by atoms with Crippen LogP contribution in [0.2, 0.25) is 0 Å².